The van der Waals surface area contributed by atoms with Crippen LogP contribution in [-0.4, -0.2) is 12.8 Å². The second kappa shape index (κ2) is 2.67. The largest absolute Gasteiger partial charge is 0.292 e. The summed E-state index contributed by atoms with van der Waals surface area (Å²) < 4.78 is 1.39. The molecule has 0 amide bonds. The first kappa shape index (κ1) is 7.27. The summed E-state index contributed by atoms with van der Waals surface area (Å²) in [6, 6.07) is 6.54. The quantitative estimate of drug-likeness (QED) is 0.601. The molecule has 0 atom stereocenters. The van der Waals surface area contributed by atoms with E-state index in [4.69, 9.17) is 0 Å². The summed E-state index contributed by atoms with van der Waals surface area (Å²) in [7, 11) is 0. The van der Waals surface area contributed by atoms with Gasteiger partial charge in [0.05, 0.1) is 0 Å². The molecule has 0 saturated carbocycles. The van der Waals surface area contributed by atoms with Crippen LogP contribution in [0.5, 0.6) is 0 Å². The number of aliphatic imine (C=N–C) groups is 1. The lowest BCUT2D eigenvalue weighted by Crippen LogP contribution is -1.86. The van der Waals surface area contributed by atoms with E-state index in [1.807, 2.05) is 17.6 Å². The molecule has 1 nitrogen and oxygen atoms in total. The number of nitrogens with zero attached hydrogens (tertiary/aromatic N) is 1. The lowest BCUT2D eigenvalue weighted by molar-refractivity contribution is 0.988. The molecule has 0 spiro atoms. The van der Waals surface area contributed by atoms with Crippen molar-refractivity contribution in [3.8, 4) is 0 Å². The zero-order valence-corrected chi connectivity index (χ0v) is 7.97. The van der Waals surface area contributed by atoms with E-state index in [9.17, 15) is 0 Å². The van der Waals surface area contributed by atoms with Gasteiger partial charge in [-0.3, -0.25) is 4.99 Å². The predicted molar refractivity (Wildman–Crippen MR) is 58.0 cm³/mol. The highest BCUT2D eigenvalue weighted by Gasteiger charge is 2.08. The lowest BCUT2D eigenvalue weighted by atomic mass is 10.1. The third-order valence-corrected chi connectivity index (χ3v) is 3.42. The van der Waals surface area contributed by atoms with Crippen LogP contribution in [0.4, 0.5) is 0 Å². The summed E-state index contributed by atoms with van der Waals surface area (Å²) >= 11 is 1.81. The minimum absolute atomic E-state index is 0.929. The number of hydrogen-bond donors (Lipinski definition) is 0. The van der Waals surface area contributed by atoms with E-state index in [1.54, 1.807) is 0 Å². The Morgan fingerprint density at radius 2 is 2.31 bits per heavy atom. The Kier molecular flexibility index (Phi) is 1.49. The maximum Gasteiger partial charge on any atom is 0.0430 e. The maximum absolute atomic E-state index is 4.36. The number of rotatable bonds is 0. The molecule has 2 aromatic rings. The summed E-state index contributed by atoms with van der Waals surface area (Å²) in [5.41, 5.74) is 2.75. The van der Waals surface area contributed by atoms with Crippen molar-refractivity contribution in [3.63, 3.8) is 0 Å². The predicted octanol–water partition coefficient (Wildman–Crippen LogP) is 2.88. The van der Waals surface area contributed by atoms with Crippen LogP contribution in [0.25, 0.3) is 10.1 Å². The minimum Gasteiger partial charge on any atom is -0.292 e. The van der Waals surface area contributed by atoms with Gasteiger partial charge in [-0.15, -0.1) is 11.3 Å². The van der Waals surface area contributed by atoms with Gasteiger partial charge >= 0.3 is 0 Å². The van der Waals surface area contributed by atoms with Crippen molar-refractivity contribution in [2.24, 2.45) is 4.99 Å². The Morgan fingerprint density at radius 1 is 1.31 bits per heavy atom. The normalized spacial score (nSPS) is 14.8. The van der Waals surface area contributed by atoms with Gasteiger partial charge in [0.2, 0.25) is 0 Å². The fourth-order valence-electron chi connectivity index (χ4n) is 1.84. The molecule has 0 aliphatic carbocycles. The average Bonchev–Trinajstić information content (AvgIpc) is 2.44. The number of hydrogen-bond acceptors (Lipinski definition) is 2. The summed E-state index contributed by atoms with van der Waals surface area (Å²) in [6.45, 7) is 0.929. The molecule has 0 saturated heterocycles. The zero-order valence-electron chi connectivity index (χ0n) is 7.16. The van der Waals surface area contributed by atoms with E-state index in [-0.39, 0.29) is 0 Å². The first-order chi connectivity index (χ1) is 6.45. The van der Waals surface area contributed by atoms with Gasteiger partial charge in [0.1, 0.15) is 0 Å². The van der Waals surface area contributed by atoms with Gasteiger partial charge in [-0.2, -0.15) is 0 Å². The molecule has 0 unspecified atom stereocenters. The molecule has 1 aliphatic heterocycles. The topological polar surface area (TPSA) is 12.4 Å². The maximum atomic E-state index is 4.36. The van der Waals surface area contributed by atoms with E-state index >= 15 is 0 Å². The smallest absolute Gasteiger partial charge is 0.0430 e. The van der Waals surface area contributed by atoms with Gasteiger partial charge in [0, 0.05) is 33.8 Å². The molecular weight excluding hydrogens is 178 g/mol. The minimum atomic E-state index is 0.929. The Bertz CT molecular complexity index is 482. The van der Waals surface area contributed by atoms with Crippen LogP contribution in [0, 0.1) is 0 Å². The molecule has 0 radical (unpaired) electrons. The van der Waals surface area contributed by atoms with Crippen LogP contribution in [-0.2, 0) is 6.42 Å². The number of thiophene rings is 1. The fraction of sp³-hybridized carbons (Fsp3) is 0.182. The van der Waals surface area contributed by atoms with E-state index in [0.717, 1.165) is 13.0 Å². The molecule has 3 rings (SSSR count). The van der Waals surface area contributed by atoms with Gasteiger partial charge in [0.15, 0.2) is 0 Å². The molecule has 2 heterocycles. The molecule has 2 heteroatoms. The molecule has 1 aromatic carbocycles. The third kappa shape index (κ3) is 1.02. The van der Waals surface area contributed by atoms with Gasteiger partial charge < -0.3 is 0 Å². The van der Waals surface area contributed by atoms with Crippen LogP contribution in [0.3, 0.4) is 0 Å². The summed E-state index contributed by atoms with van der Waals surface area (Å²) in [6.07, 6.45) is 3.09. The van der Waals surface area contributed by atoms with Crippen LogP contribution in [0.2, 0.25) is 0 Å². The average molecular weight is 187 g/mol. The van der Waals surface area contributed by atoms with Gasteiger partial charge in [-0.05, 0) is 18.1 Å². The van der Waals surface area contributed by atoms with E-state index < -0.39 is 0 Å². The molecule has 1 aromatic heterocycles. The molecule has 13 heavy (non-hydrogen) atoms. The van der Waals surface area contributed by atoms with Crippen LogP contribution >= 0.6 is 11.3 Å². The molecule has 64 valence electrons. The third-order valence-electron chi connectivity index (χ3n) is 2.45. The first-order valence-corrected chi connectivity index (χ1v) is 5.32. The Morgan fingerprint density at radius 3 is 3.31 bits per heavy atom. The SMILES string of the molecule is C1=NCCc2cccc3scc1c23. The highest BCUT2D eigenvalue weighted by atomic mass is 32.1. The first-order valence-electron chi connectivity index (χ1n) is 4.44. The molecule has 0 fully saturated rings. The van der Waals surface area contributed by atoms with E-state index in [0.29, 0.717) is 0 Å². The van der Waals surface area contributed by atoms with E-state index in [1.165, 1.54) is 21.2 Å². The van der Waals surface area contributed by atoms with Crippen molar-refractivity contribution in [3.05, 3.63) is 34.7 Å². The summed E-state index contributed by atoms with van der Waals surface area (Å²) in [5, 5.41) is 3.62. The van der Waals surface area contributed by atoms with Crippen molar-refractivity contribution >= 4 is 27.6 Å². The summed E-state index contributed by atoms with van der Waals surface area (Å²) in [5.74, 6) is 0. The Labute approximate surface area is 80.7 Å². The highest BCUT2D eigenvalue weighted by Crippen LogP contribution is 2.29. The Hall–Kier alpha value is -1.15. The monoisotopic (exact) mass is 187 g/mol. The number of benzene rings is 1. The molecular formula is C11H9NS. The Balaban J connectivity index is 2.48. The molecule has 0 N–H and O–H groups in total. The van der Waals surface area contributed by atoms with Crippen LogP contribution < -0.4 is 0 Å². The second-order valence-electron chi connectivity index (χ2n) is 3.27. The highest BCUT2D eigenvalue weighted by molar-refractivity contribution is 7.17. The van der Waals surface area contributed by atoms with E-state index in [2.05, 4.69) is 28.6 Å². The van der Waals surface area contributed by atoms with Crippen molar-refractivity contribution < 1.29 is 0 Å². The van der Waals surface area contributed by atoms with Crippen LogP contribution in [0.15, 0.2) is 28.6 Å². The summed E-state index contributed by atoms with van der Waals surface area (Å²) in [4.78, 5) is 4.36. The van der Waals surface area contributed by atoms with Crippen molar-refractivity contribution in [2.45, 2.75) is 6.42 Å². The molecule has 0 bridgehead atoms. The van der Waals surface area contributed by atoms with Crippen molar-refractivity contribution in [2.75, 3.05) is 6.54 Å². The van der Waals surface area contributed by atoms with Gasteiger partial charge in [-0.25, -0.2) is 0 Å². The standard InChI is InChI=1S/C11H9NS/c1-2-8-4-5-12-6-9-7-13-10(3-1)11(8)9/h1-3,6-7H,4-5H2. The second-order valence-corrected chi connectivity index (χ2v) is 4.18. The van der Waals surface area contributed by atoms with Crippen LogP contribution in [0.1, 0.15) is 11.1 Å². The van der Waals surface area contributed by atoms with Gasteiger partial charge in [0.25, 0.3) is 0 Å². The van der Waals surface area contributed by atoms with Crippen molar-refractivity contribution in [1.29, 1.82) is 0 Å². The van der Waals surface area contributed by atoms with Gasteiger partial charge in [-0.1, -0.05) is 12.1 Å². The van der Waals surface area contributed by atoms with Crippen molar-refractivity contribution in [1.82, 2.24) is 0 Å². The lowest BCUT2D eigenvalue weighted by Gasteiger charge is -1.98. The fourth-order valence-corrected chi connectivity index (χ4v) is 2.80. The molecule has 1 aliphatic rings. The zero-order chi connectivity index (χ0) is 8.67.